The zero-order valence-electron chi connectivity index (χ0n) is 15.6. The van der Waals surface area contributed by atoms with Gasteiger partial charge in [-0.25, -0.2) is 9.48 Å². The second kappa shape index (κ2) is 8.71. The maximum Gasteiger partial charge on any atom is 0.342 e. The first kappa shape index (κ1) is 19.6. The Morgan fingerprint density at radius 2 is 1.86 bits per heavy atom. The molecule has 0 saturated carbocycles. The number of halogens is 1. The lowest BCUT2D eigenvalue weighted by atomic mass is 10.2. The number of hydrogen-bond acceptors (Lipinski definition) is 4. The van der Waals surface area contributed by atoms with Crippen molar-refractivity contribution in [1.82, 2.24) is 15.1 Å². The fourth-order valence-electron chi connectivity index (χ4n) is 2.86. The minimum absolute atomic E-state index is 0.306. The van der Waals surface area contributed by atoms with E-state index in [0.717, 1.165) is 11.3 Å². The Morgan fingerprint density at radius 1 is 1.11 bits per heavy atom. The summed E-state index contributed by atoms with van der Waals surface area (Å²) in [5.41, 5.74) is 3.29. The van der Waals surface area contributed by atoms with Crippen LogP contribution in [0.3, 0.4) is 0 Å². The molecule has 1 N–H and O–H groups in total. The Bertz CT molecular complexity index is 999. The van der Waals surface area contributed by atoms with Crippen molar-refractivity contribution in [2.24, 2.45) is 0 Å². The molecule has 0 unspecified atom stereocenters. The summed E-state index contributed by atoms with van der Waals surface area (Å²) in [7, 11) is 0. The van der Waals surface area contributed by atoms with E-state index in [1.165, 1.54) is 0 Å². The van der Waals surface area contributed by atoms with Crippen molar-refractivity contribution in [3.8, 4) is 5.69 Å². The number of carbonyl (C=O) groups is 2. The third kappa shape index (κ3) is 4.58. The van der Waals surface area contributed by atoms with Crippen LogP contribution >= 0.6 is 11.6 Å². The van der Waals surface area contributed by atoms with Crippen LogP contribution in [0.25, 0.3) is 5.69 Å². The van der Waals surface area contributed by atoms with Gasteiger partial charge in [0.15, 0.2) is 6.61 Å². The van der Waals surface area contributed by atoms with Gasteiger partial charge in [0.25, 0.3) is 5.91 Å². The van der Waals surface area contributed by atoms with E-state index in [1.807, 2.05) is 36.4 Å². The first-order valence-electron chi connectivity index (χ1n) is 8.75. The Hall–Kier alpha value is -3.12. The van der Waals surface area contributed by atoms with Gasteiger partial charge in [-0.15, -0.1) is 0 Å². The largest absolute Gasteiger partial charge is 0.452 e. The summed E-state index contributed by atoms with van der Waals surface area (Å²) >= 11 is 5.92. The molecule has 7 heteroatoms. The second-order valence-corrected chi connectivity index (χ2v) is 6.71. The zero-order valence-corrected chi connectivity index (χ0v) is 16.4. The number of rotatable bonds is 6. The Balaban J connectivity index is 1.60. The monoisotopic (exact) mass is 397 g/mol. The van der Waals surface area contributed by atoms with Crippen LogP contribution < -0.4 is 5.32 Å². The van der Waals surface area contributed by atoms with E-state index in [9.17, 15) is 9.59 Å². The van der Waals surface area contributed by atoms with E-state index >= 15 is 0 Å². The summed E-state index contributed by atoms with van der Waals surface area (Å²) in [5, 5.41) is 7.71. The van der Waals surface area contributed by atoms with E-state index in [2.05, 4.69) is 10.4 Å². The Kier molecular flexibility index (Phi) is 6.11. The molecule has 3 rings (SSSR count). The number of esters is 1. The minimum Gasteiger partial charge on any atom is -0.452 e. The highest BCUT2D eigenvalue weighted by Gasteiger charge is 2.21. The van der Waals surface area contributed by atoms with Crippen molar-refractivity contribution in [1.29, 1.82) is 0 Å². The van der Waals surface area contributed by atoms with E-state index in [0.29, 0.717) is 28.5 Å². The molecule has 0 saturated heterocycles. The molecule has 2 aromatic carbocycles. The average Bonchev–Trinajstić information content (AvgIpc) is 2.99. The third-order valence-corrected chi connectivity index (χ3v) is 4.44. The molecular formula is C21H20ClN3O3. The standard InChI is InChI=1S/C21H20ClN3O3/c1-14-20(15(2)25(24-14)18-9-4-3-5-10-18)21(27)28-13-19(26)23-12-16-7-6-8-17(22)11-16/h3-11H,12-13H2,1-2H3,(H,23,26). The lowest BCUT2D eigenvalue weighted by molar-refractivity contribution is -0.124. The van der Waals surface area contributed by atoms with Crippen molar-refractivity contribution < 1.29 is 14.3 Å². The van der Waals surface area contributed by atoms with E-state index in [4.69, 9.17) is 16.3 Å². The molecular weight excluding hydrogens is 378 g/mol. The van der Waals surface area contributed by atoms with Gasteiger partial charge in [0.2, 0.25) is 0 Å². The number of nitrogens with one attached hydrogen (secondary N) is 1. The lowest BCUT2D eigenvalue weighted by Gasteiger charge is -2.08. The van der Waals surface area contributed by atoms with Crippen LogP contribution in [0, 0.1) is 13.8 Å². The number of carbonyl (C=O) groups excluding carboxylic acids is 2. The highest BCUT2D eigenvalue weighted by Crippen LogP contribution is 2.18. The Morgan fingerprint density at radius 3 is 2.57 bits per heavy atom. The predicted octanol–water partition coefficient (Wildman–Crippen LogP) is 3.62. The normalized spacial score (nSPS) is 10.5. The van der Waals surface area contributed by atoms with Crippen LogP contribution in [0.5, 0.6) is 0 Å². The molecule has 0 aliphatic rings. The van der Waals surface area contributed by atoms with Crippen LogP contribution in [0.15, 0.2) is 54.6 Å². The second-order valence-electron chi connectivity index (χ2n) is 6.28. The fraction of sp³-hybridized carbons (Fsp3) is 0.190. The number of ether oxygens (including phenoxy) is 1. The highest BCUT2D eigenvalue weighted by molar-refractivity contribution is 6.30. The molecule has 0 radical (unpaired) electrons. The highest BCUT2D eigenvalue weighted by atomic mass is 35.5. The third-order valence-electron chi connectivity index (χ3n) is 4.21. The van der Waals surface area contributed by atoms with Gasteiger partial charge in [0.05, 0.1) is 17.1 Å². The number of benzene rings is 2. The van der Waals surface area contributed by atoms with Gasteiger partial charge in [-0.2, -0.15) is 5.10 Å². The van der Waals surface area contributed by atoms with Gasteiger partial charge in [-0.05, 0) is 43.7 Å². The molecule has 0 bridgehead atoms. The maximum absolute atomic E-state index is 12.5. The number of amides is 1. The number of para-hydroxylation sites is 1. The molecule has 1 heterocycles. The molecule has 0 fully saturated rings. The SMILES string of the molecule is Cc1nn(-c2ccccc2)c(C)c1C(=O)OCC(=O)NCc1cccc(Cl)c1. The molecule has 3 aromatic rings. The van der Waals surface area contributed by atoms with E-state index < -0.39 is 5.97 Å². The minimum atomic E-state index is -0.574. The van der Waals surface area contributed by atoms with Gasteiger partial charge in [0.1, 0.15) is 5.56 Å². The van der Waals surface area contributed by atoms with Crippen LogP contribution in [-0.2, 0) is 16.1 Å². The molecule has 0 aliphatic heterocycles. The summed E-state index contributed by atoms with van der Waals surface area (Å²) in [4.78, 5) is 24.5. The smallest absolute Gasteiger partial charge is 0.342 e. The molecule has 0 spiro atoms. The van der Waals surface area contributed by atoms with Gasteiger partial charge in [-0.1, -0.05) is 41.9 Å². The van der Waals surface area contributed by atoms with Crippen molar-refractivity contribution in [3.05, 3.63) is 82.1 Å². The number of nitrogens with zero attached hydrogens (tertiary/aromatic N) is 2. The molecule has 1 aromatic heterocycles. The van der Waals surface area contributed by atoms with Crippen molar-refractivity contribution in [3.63, 3.8) is 0 Å². The fourth-order valence-corrected chi connectivity index (χ4v) is 3.07. The molecule has 144 valence electrons. The number of aryl methyl sites for hydroxylation is 1. The van der Waals surface area contributed by atoms with Gasteiger partial charge >= 0.3 is 5.97 Å². The van der Waals surface area contributed by atoms with E-state index in [-0.39, 0.29) is 12.5 Å². The van der Waals surface area contributed by atoms with Crippen molar-refractivity contribution in [2.45, 2.75) is 20.4 Å². The quantitative estimate of drug-likeness (QED) is 0.645. The number of aromatic nitrogens is 2. The van der Waals surface area contributed by atoms with Crippen molar-refractivity contribution >= 4 is 23.5 Å². The average molecular weight is 398 g/mol. The first-order valence-corrected chi connectivity index (χ1v) is 9.13. The van der Waals surface area contributed by atoms with Gasteiger partial charge < -0.3 is 10.1 Å². The van der Waals surface area contributed by atoms with Gasteiger partial charge in [-0.3, -0.25) is 4.79 Å². The van der Waals surface area contributed by atoms with Crippen LogP contribution in [-0.4, -0.2) is 28.3 Å². The maximum atomic E-state index is 12.5. The molecule has 0 atom stereocenters. The molecule has 1 amide bonds. The summed E-state index contributed by atoms with van der Waals surface area (Å²) < 4.78 is 6.87. The molecule has 28 heavy (non-hydrogen) atoms. The van der Waals surface area contributed by atoms with Crippen LogP contribution in [0.2, 0.25) is 5.02 Å². The lowest BCUT2D eigenvalue weighted by Crippen LogP contribution is -2.28. The summed E-state index contributed by atoms with van der Waals surface area (Å²) in [6.07, 6.45) is 0. The van der Waals surface area contributed by atoms with Crippen molar-refractivity contribution in [2.75, 3.05) is 6.61 Å². The number of hydrogen-bond donors (Lipinski definition) is 1. The summed E-state index contributed by atoms with van der Waals surface area (Å²) in [6, 6.07) is 16.7. The Labute approximate surface area is 168 Å². The predicted molar refractivity (Wildman–Crippen MR) is 107 cm³/mol. The summed E-state index contributed by atoms with van der Waals surface area (Å²) in [5.74, 6) is -0.964. The van der Waals surface area contributed by atoms with Crippen LogP contribution in [0.4, 0.5) is 0 Å². The topological polar surface area (TPSA) is 73.2 Å². The van der Waals surface area contributed by atoms with Gasteiger partial charge in [0, 0.05) is 11.6 Å². The molecule has 6 nitrogen and oxygen atoms in total. The molecule has 0 aliphatic carbocycles. The van der Waals surface area contributed by atoms with Crippen LogP contribution in [0.1, 0.15) is 27.3 Å². The zero-order chi connectivity index (χ0) is 20.1. The van der Waals surface area contributed by atoms with E-state index in [1.54, 1.807) is 36.7 Å². The summed E-state index contributed by atoms with van der Waals surface area (Å²) in [6.45, 7) is 3.47. The first-order chi connectivity index (χ1) is 13.5.